The fraction of sp³-hybridized carbons (Fsp3) is 0.286. The summed E-state index contributed by atoms with van der Waals surface area (Å²) in [5.41, 5.74) is 2.18. The van der Waals surface area contributed by atoms with Crippen molar-refractivity contribution in [3.63, 3.8) is 0 Å². The smallest absolute Gasteiger partial charge is 0.133 e. The molecular formula is C14H12N2O. The maximum Gasteiger partial charge on any atom is 0.133 e. The Kier molecular flexibility index (Phi) is 3.43. The molecule has 84 valence electrons. The van der Waals surface area contributed by atoms with Crippen LogP contribution in [0.4, 0.5) is 0 Å². The highest BCUT2D eigenvalue weighted by atomic mass is 16.3. The summed E-state index contributed by atoms with van der Waals surface area (Å²) >= 11 is 0. The lowest BCUT2D eigenvalue weighted by Gasteiger charge is -2.17. The first-order valence-corrected chi connectivity index (χ1v) is 5.63. The van der Waals surface area contributed by atoms with Gasteiger partial charge >= 0.3 is 0 Å². The molecule has 0 radical (unpaired) electrons. The zero-order valence-electron chi connectivity index (χ0n) is 9.44. The Hall–Kier alpha value is -2.26. The molecule has 1 aliphatic rings. The van der Waals surface area contributed by atoms with Gasteiger partial charge in [-0.2, -0.15) is 10.5 Å². The van der Waals surface area contributed by atoms with Crippen molar-refractivity contribution in [2.75, 3.05) is 0 Å². The molecule has 0 aromatic carbocycles. The highest BCUT2D eigenvalue weighted by molar-refractivity contribution is 5.60. The van der Waals surface area contributed by atoms with Gasteiger partial charge in [0.15, 0.2) is 0 Å². The Morgan fingerprint density at radius 2 is 2.00 bits per heavy atom. The van der Waals surface area contributed by atoms with Crippen LogP contribution in [-0.2, 0) is 0 Å². The molecule has 1 aliphatic carbocycles. The predicted molar refractivity (Wildman–Crippen MR) is 63.4 cm³/mol. The third-order valence-corrected chi connectivity index (χ3v) is 2.90. The van der Waals surface area contributed by atoms with Crippen LogP contribution in [0, 0.1) is 22.7 Å². The monoisotopic (exact) mass is 224 g/mol. The van der Waals surface area contributed by atoms with Crippen molar-refractivity contribution in [2.24, 2.45) is 0 Å². The minimum Gasteiger partial charge on any atom is -0.465 e. The van der Waals surface area contributed by atoms with E-state index >= 15 is 0 Å². The van der Waals surface area contributed by atoms with Gasteiger partial charge in [0.25, 0.3) is 0 Å². The van der Waals surface area contributed by atoms with E-state index in [1.807, 2.05) is 30.3 Å². The van der Waals surface area contributed by atoms with E-state index in [-0.39, 0.29) is 5.57 Å². The molecule has 1 aromatic heterocycles. The normalized spacial score (nSPS) is 17.5. The van der Waals surface area contributed by atoms with Crippen molar-refractivity contribution in [1.29, 1.82) is 10.5 Å². The molecule has 0 saturated heterocycles. The van der Waals surface area contributed by atoms with Crippen molar-refractivity contribution in [3.05, 3.63) is 40.9 Å². The van der Waals surface area contributed by atoms with Crippen molar-refractivity contribution in [1.82, 2.24) is 0 Å². The molecular weight excluding hydrogens is 212 g/mol. The van der Waals surface area contributed by atoms with Crippen molar-refractivity contribution in [2.45, 2.75) is 25.7 Å². The number of furan rings is 1. The van der Waals surface area contributed by atoms with Crippen LogP contribution in [0.1, 0.15) is 31.4 Å². The fourth-order valence-corrected chi connectivity index (χ4v) is 2.08. The van der Waals surface area contributed by atoms with Crippen LogP contribution in [0.5, 0.6) is 0 Å². The highest BCUT2D eigenvalue weighted by Crippen LogP contribution is 2.32. The average molecular weight is 224 g/mol. The Morgan fingerprint density at radius 1 is 1.24 bits per heavy atom. The number of nitrogens with zero attached hydrogens (tertiary/aromatic N) is 2. The van der Waals surface area contributed by atoms with Crippen LogP contribution in [0.25, 0.3) is 6.08 Å². The maximum atomic E-state index is 8.94. The molecule has 0 atom stereocenters. The van der Waals surface area contributed by atoms with Gasteiger partial charge in [-0.05, 0) is 55.0 Å². The van der Waals surface area contributed by atoms with E-state index in [0.717, 1.165) is 42.6 Å². The van der Waals surface area contributed by atoms with E-state index in [4.69, 9.17) is 14.9 Å². The lowest BCUT2D eigenvalue weighted by Crippen LogP contribution is -2.01. The number of hydrogen-bond acceptors (Lipinski definition) is 3. The Balaban J connectivity index is 2.41. The maximum absolute atomic E-state index is 8.94. The van der Waals surface area contributed by atoms with E-state index in [2.05, 4.69) is 0 Å². The second-order valence-electron chi connectivity index (χ2n) is 3.97. The summed E-state index contributed by atoms with van der Waals surface area (Å²) in [4.78, 5) is 0. The van der Waals surface area contributed by atoms with E-state index in [1.165, 1.54) is 0 Å². The number of rotatable bonds is 1. The van der Waals surface area contributed by atoms with E-state index in [0.29, 0.717) is 0 Å². The molecule has 17 heavy (non-hydrogen) atoms. The first kappa shape index (κ1) is 11.2. The SMILES string of the molecule is N#CC(C#N)=C1CCCCC1=Cc1ccco1. The third-order valence-electron chi connectivity index (χ3n) is 2.90. The zero-order chi connectivity index (χ0) is 12.1. The minimum atomic E-state index is 0.238. The standard InChI is InChI=1S/C14H12N2O/c15-9-12(10-16)14-6-2-1-4-11(14)8-13-5-3-7-17-13/h3,5,7-8H,1-2,4,6H2. The summed E-state index contributed by atoms with van der Waals surface area (Å²) in [6.45, 7) is 0. The second-order valence-corrected chi connectivity index (χ2v) is 3.97. The first-order chi connectivity index (χ1) is 8.35. The molecule has 0 aliphatic heterocycles. The highest BCUT2D eigenvalue weighted by Gasteiger charge is 2.16. The summed E-state index contributed by atoms with van der Waals surface area (Å²) in [6.07, 6.45) is 7.40. The number of allylic oxidation sites excluding steroid dienone is 3. The average Bonchev–Trinajstić information content (AvgIpc) is 2.86. The Morgan fingerprint density at radius 3 is 2.65 bits per heavy atom. The van der Waals surface area contributed by atoms with Gasteiger partial charge in [0.1, 0.15) is 23.5 Å². The topological polar surface area (TPSA) is 60.7 Å². The van der Waals surface area contributed by atoms with Crippen LogP contribution >= 0.6 is 0 Å². The molecule has 3 heteroatoms. The van der Waals surface area contributed by atoms with Gasteiger partial charge in [0.05, 0.1) is 6.26 Å². The molecule has 0 amide bonds. The molecule has 0 bridgehead atoms. The van der Waals surface area contributed by atoms with E-state index < -0.39 is 0 Å². The van der Waals surface area contributed by atoms with Gasteiger partial charge in [0, 0.05) is 0 Å². The molecule has 0 spiro atoms. The molecule has 1 saturated carbocycles. The van der Waals surface area contributed by atoms with E-state index in [1.54, 1.807) is 6.26 Å². The van der Waals surface area contributed by atoms with Crippen LogP contribution in [-0.4, -0.2) is 0 Å². The van der Waals surface area contributed by atoms with Gasteiger partial charge in [-0.15, -0.1) is 0 Å². The Bertz CT molecular complexity index is 520. The quantitative estimate of drug-likeness (QED) is 0.685. The summed E-state index contributed by atoms with van der Waals surface area (Å²) in [7, 11) is 0. The van der Waals surface area contributed by atoms with Crippen LogP contribution < -0.4 is 0 Å². The number of hydrogen-bond donors (Lipinski definition) is 0. The van der Waals surface area contributed by atoms with Crippen LogP contribution in [0.3, 0.4) is 0 Å². The molecule has 3 nitrogen and oxygen atoms in total. The van der Waals surface area contributed by atoms with Gasteiger partial charge in [-0.25, -0.2) is 0 Å². The summed E-state index contributed by atoms with van der Waals surface area (Å²) in [5, 5.41) is 17.9. The van der Waals surface area contributed by atoms with Crippen molar-refractivity contribution >= 4 is 6.08 Å². The van der Waals surface area contributed by atoms with E-state index in [9.17, 15) is 0 Å². The third kappa shape index (κ3) is 2.46. The lowest BCUT2D eigenvalue weighted by molar-refractivity contribution is 0.555. The summed E-state index contributed by atoms with van der Waals surface area (Å²) in [5.74, 6) is 0.773. The summed E-state index contributed by atoms with van der Waals surface area (Å²) in [6, 6.07) is 7.66. The van der Waals surface area contributed by atoms with Crippen LogP contribution in [0.15, 0.2) is 39.5 Å². The van der Waals surface area contributed by atoms with Crippen molar-refractivity contribution < 1.29 is 4.42 Å². The van der Waals surface area contributed by atoms with Crippen molar-refractivity contribution in [3.8, 4) is 12.1 Å². The van der Waals surface area contributed by atoms with Gasteiger partial charge in [0.2, 0.25) is 0 Å². The lowest BCUT2D eigenvalue weighted by atomic mass is 9.86. The zero-order valence-corrected chi connectivity index (χ0v) is 9.44. The van der Waals surface area contributed by atoms with Gasteiger partial charge in [-0.1, -0.05) is 0 Å². The largest absolute Gasteiger partial charge is 0.465 e. The van der Waals surface area contributed by atoms with Gasteiger partial charge in [-0.3, -0.25) is 0 Å². The fourth-order valence-electron chi connectivity index (χ4n) is 2.08. The molecule has 0 unspecified atom stereocenters. The number of nitriles is 2. The molecule has 1 aromatic rings. The molecule has 2 rings (SSSR count). The second kappa shape index (κ2) is 5.18. The predicted octanol–water partition coefficient (Wildman–Crippen LogP) is 3.58. The van der Waals surface area contributed by atoms with Crippen LogP contribution in [0.2, 0.25) is 0 Å². The summed E-state index contributed by atoms with van der Waals surface area (Å²) < 4.78 is 5.27. The Labute approximate surface area is 100 Å². The molecule has 1 fully saturated rings. The molecule has 0 N–H and O–H groups in total. The molecule has 1 heterocycles. The first-order valence-electron chi connectivity index (χ1n) is 5.63. The minimum absolute atomic E-state index is 0.238. The van der Waals surface area contributed by atoms with Gasteiger partial charge < -0.3 is 4.42 Å².